The highest BCUT2D eigenvalue weighted by molar-refractivity contribution is 9.10. The van der Waals surface area contributed by atoms with Gasteiger partial charge >= 0.3 is 0 Å². The van der Waals surface area contributed by atoms with Crippen LogP contribution in [0.4, 0.5) is 4.39 Å². The van der Waals surface area contributed by atoms with E-state index in [9.17, 15) is 9.50 Å². The van der Waals surface area contributed by atoms with Gasteiger partial charge in [-0.1, -0.05) is 46.3 Å². The zero-order chi connectivity index (χ0) is 13.8. The number of hydrogen-bond donors (Lipinski definition) is 1. The standard InChI is InChI=1S/C16H16BrFO/c1-11-4-2-3-5-15(11)13(10-19)8-12-6-7-14(18)9-16(12)17/h2-7,9,13,19H,8,10H2,1H3. The SMILES string of the molecule is Cc1ccccc1C(CO)Cc1ccc(F)cc1Br. The first-order valence-corrected chi connectivity index (χ1v) is 7.01. The first-order valence-electron chi connectivity index (χ1n) is 6.22. The van der Waals surface area contributed by atoms with Crippen LogP contribution in [0.1, 0.15) is 22.6 Å². The summed E-state index contributed by atoms with van der Waals surface area (Å²) in [5.74, 6) is -0.227. The molecule has 0 saturated heterocycles. The number of aryl methyl sites for hydroxylation is 1. The molecule has 0 fully saturated rings. The van der Waals surface area contributed by atoms with Crippen LogP contribution in [0.2, 0.25) is 0 Å². The summed E-state index contributed by atoms with van der Waals surface area (Å²) in [5.41, 5.74) is 3.31. The molecule has 0 aliphatic carbocycles. The second-order valence-electron chi connectivity index (χ2n) is 4.68. The van der Waals surface area contributed by atoms with Crippen molar-refractivity contribution in [3.8, 4) is 0 Å². The van der Waals surface area contributed by atoms with Crippen LogP contribution in [0.5, 0.6) is 0 Å². The monoisotopic (exact) mass is 322 g/mol. The third-order valence-electron chi connectivity index (χ3n) is 3.33. The van der Waals surface area contributed by atoms with Crippen molar-refractivity contribution in [3.63, 3.8) is 0 Å². The van der Waals surface area contributed by atoms with E-state index < -0.39 is 0 Å². The summed E-state index contributed by atoms with van der Waals surface area (Å²) in [6.45, 7) is 2.12. The lowest BCUT2D eigenvalue weighted by molar-refractivity contribution is 0.264. The van der Waals surface area contributed by atoms with E-state index >= 15 is 0 Å². The maximum absolute atomic E-state index is 13.1. The van der Waals surface area contributed by atoms with Gasteiger partial charge in [-0.15, -0.1) is 0 Å². The van der Waals surface area contributed by atoms with Crippen molar-refractivity contribution in [2.45, 2.75) is 19.3 Å². The molecule has 2 aromatic carbocycles. The van der Waals surface area contributed by atoms with Gasteiger partial charge in [-0.25, -0.2) is 4.39 Å². The molecule has 3 heteroatoms. The number of hydrogen-bond acceptors (Lipinski definition) is 1. The molecule has 0 aliphatic heterocycles. The molecule has 2 rings (SSSR count). The molecule has 1 N–H and O–H groups in total. The fraction of sp³-hybridized carbons (Fsp3) is 0.250. The van der Waals surface area contributed by atoms with Crippen molar-refractivity contribution in [2.75, 3.05) is 6.61 Å². The van der Waals surface area contributed by atoms with Crippen molar-refractivity contribution in [1.82, 2.24) is 0 Å². The molecule has 0 bridgehead atoms. The number of rotatable bonds is 4. The van der Waals surface area contributed by atoms with Crippen molar-refractivity contribution >= 4 is 15.9 Å². The average Bonchev–Trinajstić information content (AvgIpc) is 2.39. The number of benzene rings is 2. The van der Waals surface area contributed by atoms with Gasteiger partial charge in [0.05, 0.1) is 6.61 Å². The van der Waals surface area contributed by atoms with Gasteiger partial charge in [-0.3, -0.25) is 0 Å². The third-order valence-corrected chi connectivity index (χ3v) is 4.07. The van der Waals surface area contributed by atoms with Crippen molar-refractivity contribution < 1.29 is 9.50 Å². The van der Waals surface area contributed by atoms with Gasteiger partial charge in [0, 0.05) is 10.4 Å². The normalized spacial score (nSPS) is 12.4. The van der Waals surface area contributed by atoms with Gasteiger partial charge in [0.15, 0.2) is 0 Å². The molecule has 0 amide bonds. The summed E-state index contributed by atoms with van der Waals surface area (Å²) in [6.07, 6.45) is 0.683. The molecular weight excluding hydrogens is 307 g/mol. The Hall–Kier alpha value is -1.19. The Balaban J connectivity index is 2.27. The first-order chi connectivity index (χ1) is 9.11. The fourth-order valence-electron chi connectivity index (χ4n) is 2.27. The van der Waals surface area contributed by atoms with Crippen LogP contribution in [0.25, 0.3) is 0 Å². The fourth-order valence-corrected chi connectivity index (χ4v) is 2.78. The molecule has 1 unspecified atom stereocenters. The lowest BCUT2D eigenvalue weighted by atomic mass is 9.90. The minimum absolute atomic E-state index is 0.0305. The smallest absolute Gasteiger partial charge is 0.124 e. The quantitative estimate of drug-likeness (QED) is 0.893. The van der Waals surface area contributed by atoms with E-state index in [0.717, 1.165) is 15.6 Å². The van der Waals surface area contributed by atoms with Gasteiger partial charge < -0.3 is 5.11 Å². The Morgan fingerprint density at radius 2 is 1.95 bits per heavy atom. The van der Waals surface area contributed by atoms with E-state index in [-0.39, 0.29) is 18.3 Å². The molecule has 0 heterocycles. The summed E-state index contributed by atoms with van der Waals surface area (Å²) in [7, 11) is 0. The van der Waals surface area contributed by atoms with E-state index in [4.69, 9.17) is 0 Å². The molecule has 2 aromatic rings. The molecule has 19 heavy (non-hydrogen) atoms. The summed E-state index contributed by atoms with van der Waals surface area (Å²) in [5, 5.41) is 9.62. The topological polar surface area (TPSA) is 20.2 Å². The van der Waals surface area contributed by atoms with Gasteiger partial charge in [0.1, 0.15) is 5.82 Å². The maximum atomic E-state index is 13.1. The summed E-state index contributed by atoms with van der Waals surface area (Å²) >= 11 is 3.37. The van der Waals surface area contributed by atoms with Crippen LogP contribution in [0, 0.1) is 12.7 Å². The van der Waals surface area contributed by atoms with E-state index in [1.165, 1.54) is 17.7 Å². The molecule has 1 nitrogen and oxygen atoms in total. The Labute approximate surface area is 121 Å². The van der Waals surface area contributed by atoms with Crippen LogP contribution in [0.3, 0.4) is 0 Å². The highest BCUT2D eigenvalue weighted by Crippen LogP contribution is 2.27. The van der Waals surface area contributed by atoms with Crippen LogP contribution >= 0.6 is 15.9 Å². The van der Waals surface area contributed by atoms with Gasteiger partial charge in [-0.05, 0) is 42.2 Å². The zero-order valence-electron chi connectivity index (χ0n) is 10.7. The van der Waals surface area contributed by atoms with E-state index in [0.29, 0.717) is 6.42 Å². The van der Waals surface area contributed by atoms with Crippen molar-refractivity contribution in [1.29, 1.82) is 0 Å². The summed E-state index contributed by atoms with van der Waals surface area (Å²) in [4.78, 5) is 0. The van der Waals surface area contributed by atoms with Gasteiger partial charge in [0.2, 0.25) is 0 Å². The highest BCUT2D eigenvalue weighted by Gasteiger charge is 2.15. The Kier molecular flexibility index (Phi) is 4.72. The Morgan fingerprint density at radius 3 is 2.58 bits per heavy atom. The van der Waals surface area contributed by atoms with Crippen LogP contribution in [0.15, 0.2) is 46.9 Å². The summed E-state index contributed by atoms with van der Waals surface area (Å²) in [6, 6.07) is 12.7. The Morgan fingerprint density at radius 1 is 1.21 bits per heavy atom. The molecule has 0 spiro atoms. The lowest BCUT2D eigenvalue weighted by Crippen LogP contribution is -2.09. The zero-order valence-corrected chi connectivity index (χ0v) is 12.3. The highest BCUT2D eigenvalue weighted by atomic mass is 79.9. The minimum Gasteiger partial charge on any atom is -0.396 e. The predicted octanol–water partition coefficient (Wildman–Crippen LogP) is 4.22. The Bertz CT molecular complexity index is 568. The maximum Gasteiger partial charge on any atom is 0.124 e. The molecular formula is C16H16BrFO. The van der Waals surface area contributed by atoms with E-state index in [1.54, 1.807) is 6.07 Å². The number of aliphatic hydroxyl groups excluding tert-OH is 1. The molecule has 0 aromatic heterocycles. The van der Waals surface area contributed by atoms with Crippen LogP contribution in [-0.2, 0) is 6.42 Å². The molecule has 0 saturated carbocycles. The summed E-state index contributed by atoms with van der Waals surface area (Å²) < 4.78 is 13.8. The van der Waals surface area contributed by atoms with E-state index in [2.05, 4.69) is 15.9 Å². The second-order valence-corrected chi connectivity index (χ2v) is 5.53. The lowest BCUT2D eigenvalue weighted by Gasteiger charge is -2.18. The average molecular weight is 323 g/mol. The third kappa shape index (κ3) is 3.43. The predicted molar refractivity (Wildman–Crippen MR) is 78.8 cm³/mol. The number of halogens is 2. The largest absolute Gasteiger partial charge is 0.396 e. The van der Waals surface area contributed by atoms with Crippen molar-refractivity contribution in [3.05, 3.63) is 69.4 Å². The van der Waals surface area contributed by atoms with Gasteiger partial charge in [-0.2, -0.15) is 0 Å². The van der Waals surface area contributed by atoms with Crippen molar-refractivity contribution in [2.24, 2.45) is 0 Å². The second kappa shape index (κ2) is 6.31. The molecule has 1 atom stereocenters. The van der Waals surface area contributed by atoms with E-state index in [1.807, 2.05) is 31.2 Å². The van der Waals surface area contributed by atoms with Gasteiger partial charge in [0.25, 0.3) is 0 Å². The molecule has 0 aliphatic rings. The number of aliphatic hydroxyl groups is 1. The minimum atomic E-state index is -0.257. The van der Waals surface area contributed by atoms with Crippen LogP contribution < -0.4 is 0 Å². The molecule has 0 radical (unpaired) electrons. The van der Waals surface area contributed by atoms with Crippen LogP contribution in [-0.4, -0.2) is 11.7 Å². The molecule has 100 valence electrons. The first kappa shape index (κ1) is 14.2.